The summed E-state index contributed by atoms with van der Waals surface area (Å²) in [4.78, 5) is 0. The molecule has 1 heterocycles. The molecule has 0 aliphatic heterocycles. The van der Waals surface area contributed by atoms with E-state index in [0.717, 1.165) is 5.56 Å². The Balaban J connectivity index is 2.55. The summed E-state index contributed by atoms with van der Waals surface area (Å²) in [6.45, 7) is 1.62. The maximum absolute atomic E-state index is 14.1. The van der Waals surface area contributed by atoms with E-state index in [0.29, 0.717) is 5.56 Å². The Bertz CT molecular complexity index is 563. The van der Waals surface area contributed by atoms with Crippen LogP contribution < -0.4 is 5.32 Å². The number of rotatable bonds is 3. The van der Waals surface area contributed by atoms with Crippen LogP contribution >= 0.6 is 0 Å². The van der Waals surface area contributed by atoms with Crippen LogP contribution in [0.3, 0.4) is 0 Å². The van der Waals surface area contributed by atoms with Crippen LogP contribution in [0.25, 0.3) is 0 Å². The maximum atomic E-state index is 14.1. The van der Waals surface area contributed by atoms with Gasteiger partial charge in [0, 0.05) is 24.4 Å². The fourth-order valence-corrected chi connectivity index (χ4v) is 2.01. The molecule has 0 radical (unpaired) electrons. The molecule has 0 fully saturated rings. The summed E-state index contributed by atoms with van der Waals surface area (Å²) in [5.74, 6) is -1.07. The fourth-order valence-electron chi connectivity index (χ4n) is 2.01. The average Bonchev–Trinajstić information content (AvgIpc) is 2.76. The number of nitrogens with zero attached hydrogens (tertiary/aromatic N) is 2. The standard InChI is InChI=1S/C13H15F2N3/c1-8-4-5-10(14)11(12(8)15)13(16-2)9-6-17-18(3)7-9/h4-7,13,16H,1-3H3. The highest BCUT2D eigenvalue weighted by atomic mass is 19.1. The van der Waals surface area contributed by atoms with Gasteiger partial charge in [0.25, 0.3) is 0 Å². The van der Waals surface area contributed by atoms with Gasteiger partial charge in [0.2, 0.25) is 0 Å². The van der Waals surface area contributed by atoms with Crippen molar-refractivity contribution in [1.82, 2.24) is 15.1 Å². The van der Waals surface area contributed by atoms with Crippen LogP contribution in [-0.4, -0.2) is 16.8 Å². The van der Waals surface area contributed by atoms with Crippen LogP contribution in [0.5, 0.6) is 0 Å². The van der Waals surface area contributed by atoms with E-state index < -0.39 is 17.7 Å². The molecule has 0 saturated heterocycles. The highest BCUT2D eigenvalue weighted by molar-refractivity contribution is 5.35. The van der Waals surface area contributed by atoms with Crippen LogP contribution in [0.2, 0.25) is 0 Å². The zero-order chi connectivity index (χ0) is 13.3. The Morgan fingerprint density at radius 3 is 2.61 bits per heavy atom. The minimum absolute atomic E-state index is 0.0329. The third kappa shape index (κ3) is 2.13. The van der Waals surface area contributed by atoms with Gasteiger partial charge < -0.3 is 5.32 Å². The predicted octanol–water partition coefficient (Wildman–Crippen LogP) is 2.32. The van der Waals surface area contributed by atoms with Crippen molar-refractivity contribution in [3.05, 3.63) is 52.9 Å². The number of benzene rings is 1. The second kappa shape index (κ2) is 4.86. The van der Waals surface area contributed by atoms with E-state index in [-0.39, 0.29) is 5.56 Å². The van der Waals surface area contributed by atoms with Gasteiger partial charge in [-0.05, 0) is 25.6 Å². The molecular formula is C13H15F2N3. The molecule has 0 amide bonds. The first-order valence-corrected chi connectivity index (χ1v) is 5.65. The molecule has 5 heteroatoms. The lowest BCUT2D eigenvalue weighted by atomic mass is 9.98. The highest BCUT2D eigenvalue weighted by Crippen LogP contribution is 2.27. The number of hydrogen-bond donors (Lipinski definition) is 1. The molecule has 18 heavy (non-hydrogen) atoms. The minimum atomic E-state index is -0.554. The van der Waals surface area contributed by atoms with Crippen LogP contribution in [0.4, 0.5) is 8.78 Å². The van der Waals surface area contributed by atoms with Crippen molar-refractivity contribution in [3.8, 4) is 0 Å². The smallest absolute Gasteiger partial charge is 0.134 e. The number of aromatic nitrogens is 2. The molecule has 1 aromatic heterocycles. The van der Waals surface area contributed by atoms with Gasteiger partial charge in [-0.25, -0.2) is 8.78 Å². The van der Waals surface area contributed by atoms with Gasteiger partial charge in [0.15, 0.2) is 0 Å². The molecule has 0 saturated carbocycles. The fraction of sp³-hybridized carbons (Fsp3) is 0.308. The topological polar surface area (TPSA) is 29.9 Å². The molecule has 1 N–H and O–H groups in total. The number of aryl methyl sites for hydroxylation is 2. The molecule has 1 aromatic carbocycles. The lowest BCUT2D eigenvalue weighted by Gasteiger charge is -2.17. The summed E-state index contributed by atoms with van der Waals surface area (Å²) in [6.07, 6.45) is 3.34. The van der Waals surface area contributed by atoms with Crippen LogP contribution in [0, 0.1) is 18.6 Å². The van der Waals surface area contributed by atoms with Crippen molar-refractivity contribution in [2.45, 2.75) is 13.0 Å². The molecule has 0 bridgehead atoms. The molecule has 96 valence electrons. The first-order chi connectivity index (χ1) is 8.54. The second-order valence-electron chi connectivity index (χ2n) is 4.26. The summed E-state index contributed by atoms with van der Waals surface area (Å²) >= 11 is 0. The van der Waals surface area contributed by atoms with E-state index in [1.165, 1.54) is 12.1 Å². The molecular weight excluding hydrogens is 236 g/mol. The third-order valence-corrected chi connectivity index (χ3v) is 2.96. The molecule has 0 spiro atoms. The van der Waals surface area contributed by atoms with Crippen molar-refractivity contribution >= 4 is 0 Å². The van der Waals surface area contributed by atoms with Crippen molar-refractivity contribution in [2.24, 2.45) is 7.05 Å². The van der Waals surface area contributed by atoms with Gasteiger partial charge in [-0.1, -0.05) is 6.07 Å². The highest BCUT2D eigenvalue weighted by Gasteiger charge is 2.22. The summed E-state index contributed by atoms with van der Waals surface area (Å²) in [6, 6.07) is 2.18. The SMILES string of the molecule is CNC(c1cnn(C)c1)c1c(F)ccc(C)c1F. The molecule has 1 unspecified atom stereocenters. The van der Waals surface area contributed by atoms with Gasteiger partial charge in [-0.3, -0.25) is 4.68 Å². The van der Waals surface area contributed by atoms with Crippen molar-refractivity contribution in [2.75, 3.05) is 7.05 Å². The van der Waals surface area contributed by atoms with Gasteiger partial charge in [0.1, 0.15) is 11.6 Å². The number of halogens is 2. The van der Waals surface area contributed by atoms with E-state index >= 15 is 0 Å². The van der Waals surface area contributed by atoms with Gasteiger partial charge in [-0.2, -0.15) is 5.10 Å². The zero-order valence-corrected chi connectivity index (χ0v) is 10.5. The zero-order valence-electron chi connectivity index (χ0n) is 10.5. The van der Waals surface area contributed by atoms with Crippen molar-refractivity contribution in [3.63, 3.8) is 0 Å². The van der Waals surface area contributed by atoms with Crippen LogP contribution in [0.1, 0.15) is 22.7 Å². The first-order valence-electron chi connectivity index (χ1n) is 5.65. The van der Waals surface area contributed by atoms with Gasteiger partial charge >= 0.3 is 0 Å². The van der Waals surface area contributed by atoms with E-state index in [1.807, 2.05) is 0 Å². The Morgan fingerprint density at radius 2 is 2.06 bits per heavy atom. The van der Waals surface area contributed by atoms with E-state index in [2.05, 4.69) is 10.4 Å². The molecule has 3 nitrogen and oxygen atoms in total. The summed E-state index contributed by atoms with van der Waals surface area (Å²) in [5, 5.41) is 6.95. The Morgan fingerprint density at radius 1 is 1.33 bits per heavy atom. The largest absolute Gasteiger partial charge is 0.309 e. The van der Waals surface area contributed by atoms with Crippen molar-refractivity contribution in [1.29, 1.82) is 0 Å². The van der Waals surface area contributed by atoms with Crippen molar-refractivity contribution < 1.29 is 8.78 Å². The Kier molecular flexibility index (Phi) is 3.43. The summed E-state index contributed by atoms with van der Waals surface area (Å²) < 4.78 is 29.5. The maximum Gasteiger partial charge on any atom is 0.134 e. The van der Waals surface area contributed by atoms with E-state index in [4.69, 9.17) is 0 Å². The average molecular weight is 251 g/mol. The number of hydrogen-bond acceptors (Lipinski definition) is 2. The van der Waals surface area contributed by atoms with E-state index in [9.17, 15) is 8.78 Å². The molecule has 0 aliphatic carbocycles. The monoisotopic (exact) mass is 251 g/mol. The van der Waals surface area contributed by atoms with E-state index in [1.54, 1.807) is 38.1 Å². The molecule has 2 aromatic rings. The Hall–Kier alpha value is -1.75. The predicted molar refractivity (Wildman–Crippen MR) is 65.2 cm³/mol. The molecule has 0 aliphatic rings. The lowest BCUT2D eigenvalue weighted by Crippen LogP contribution is -2.20. The molecule has 1 atom stereocenters. The lowest BCUT2D eigenvalue weighted by molar-refractivity contribution is 0.517. The van der Waals surface area contributed by atoms with Crippen LogP contribution in [0.15, 0.2) is 24.5 Å². The van der Waals surface area contributed by atoms with Gasteiger partial charge in [0.05, 0.1) is 12.2 Å². The Labute approximate surface area is 104 Å². The summed E-state index contributed by atoms with van der Waals surface area (Å²) in [5.41, 5.74) is 1.18. The number of nitrogens with one attached hydrogen (secondary N) is 1. The summed E-state index contributed by atoms with van der Waals surface area (Å²) in [7, 11) is 3.43. The van der Waals surface area contributed by atoms with Gasteiger partial charge in [-0.15, -0.1) is 0 Å². The minimum Gasteiger partial charge on any atom is -0.309 e. The first kappa shape index (κ1) is 12.7. The van der Waals surface area contributed by atoms with Crippen LogP contribution in [-0.2, 0) is 7.05 Å². The second-order valence-corrected chi connectivity index (χ2v) is 4.26. The third-order valence-electron chi connectivity index (χ3n) is 2.96. The normalized spacial score (nSPS) is 12.7. The quantitative estimate of drug-likeness (QED) is 0.907. The molecule has 2 rings (SSSR count).